The summed E-state index contributed by atoms with van der Waals surface area (Å²) in [4.78, 5) is 14.1. The Kier molecular flexibility index (Phi) is 4.66. The number of carbonyl (C=O) groups excluding carboxylic acids is 1. The molecule has 0 spiro atoms. The van der Waals surface area contributed by atoms with Crippen molar-refractivity contribution in [3.05, 3.63) is 35.6 Å². The Morgan fingerprint density at radius 1 is 1.30 bits per heavy atom. The highest BCUT2D eigenvalue weighted by atomic mass is 35.5. The molecule has 1 amide bonds. The highest BCUT2D eigenvalue weighted by Gasteiger charge is 2.42. The van der Waals surface area contributed by atoms with Gasteiger partial charge in [-0.2, -0.15) is 0 Å². The minimum Gasteiger partial charge on any atom is -0.342 e. The van der Waals surface area contributed by atoms with Gasteiger partial charge in [0.15, 0.2) is 0 Å². The Morgan fingerprint density at radius 3 is 2.75 bits per heavy atom. The third-order valence-corrected chi connectivity index (χ3v) is 4.56. The van der Waals surface area contributed by atoms with E-state index in [9.17, 15) is 9.18 Å². The highest BCUT2D eigenvalue weighted by molar-refractivity contribution is 5.85. The third kappa shape index (κ3) is 2.81. The lowest BCUT2D eigenvalue weighted by molar-refractivity contribution is -0.129. The molecule has 3 atom stereocenters. The number of nitrogens with zero attached hydrogens (tertiary/aromatic N) is 1. The maximum atomic E-state index is 13.5. The van der Waals surface area contributed by atoms with Crippen LogP contribution in [-0.4, -0.2) is 29.9 Å². The molecule has 1 aromatic carbocycles. The van der Waals surface area contributed by atoms with Crippen molar-refractivity contribution in [2.75, 3.05) is 13.1 Å². The van der Waals surface area contributed by atoms with Crippen LogP contribution in [0.2, 0.25) is 0 Å². The lowest BCUT2D eigenvalue weighted by Crippen LogP contribution is -2.34. The highest BCUT2D eigenvalue weighted by Crippen LogP contribution is 2.37. The van der Waals surface area contributed by atoms with Gasteiger partial charge in [0.25, 0.3) is 0 Å². The van der Waals surface area contributed by atoms with Gasteiger partial charge < -0.3 is 10.6 Å². The Hall–Kier alpha value is -1.13. The first kappa shape index (κ1) is 15.3. The van der Waals surface area contributed by atoms with Crippen molar-refractivity contribution in [1.29, 1.82) is 0 Å². The van der Waals surface area contributed by atoms with E-state index in [4.69, 9.17) is 5.73 Å². The van der Waals surface area contributed by atoms with E-state index in [-0.39, 0.29) is 36.6 Å². The van der Waals surface area contributed by atoms with E-state index in [0.29, 0.717) is 17.4 Å². The Labute approximate surface area is 124 Å². The average Bonchev–Trinajstić information content (AvgIpc) is 2.95. The Bertz CT molecular complexity index is 497. The normalized spacial score (nSPS) is 28.1. The minimum atomic E-state index is -0.299. The van der Waals surface area contributed by atoms with E-state index >= 15 is 0 Å². The standard InChI is InChI=1S/C15H19FN2O.ClH/c16-13-4-2-1-3-10(13)7-15(19)18-8-11-5-6-14(17)12(11)9-18;/h1-4,11-12,14H,5-9,17H2;1H. The number of rotatable bonds is 2. The maximum Gasteiger partial charge on any atom is 0.227 e. The lowest BCUT2D eigenvalue weighted by atomic mass is 9.98. The fourth-order valence-electron chi connectivity index (χ4n) is 3.43. The first-order valence-corrected chi connectivity index (χ1v) is 6.92. The van der Waals surface area contributed by atoms with Gasteiger partial charge in [0.05, 0.1) is 6.42 Å². The van der Waals surface area contributed by atoms with Crippen molar-refractivity contribution in [2.45, 2.75) is 25.3 Å². The molecule has 1 saturated carbocycles. The molecule has 1 aliphatic heterocycles. The van der Waals surface area contributed by atoms with E-state index in [1.54, 1.807) is 18.2 Å². The molecule has 3 rings (SSSR count). The van der Waals surface area contributed by atoms with Gasteiger partial charge in [0.2, 0.25) is 5.91 Å². The van der Waals surface area contributed by atoms with Gasteiger partial charge in [-0.25, -0.2) is 4.39 Å². The van der Waals surface area contributed by atoms with Gasteiger partial charge in [-0.15, -0.1) is 12.4 Å². The van der Waals surface area contributed by atoms with Crippen LogP contribution in [0.15, 0.2) is 24.3 Å². The summed E-state index contributed by atoms with van der Waals surface area (Å²) in [6, 6.07) is 6.71. The van der Waals surface area contributed by atoms with E-state index in [1.807, 2.05) is 4.90 Å². The van der Waals surface area contributed by atoms with Crippen LogP contribution in [0.4, 0.5) is 4.39 Å². The quantitative estimate of drug-likeness (QED) is 0.907. The number of nitrogens with two attached hydrogens (primary N) is 1. The summed E-state index contributed by atoms with van der Waals surface area (Å²) in [7, 11) is 0. The summed E-state index contributed by atoms with van der Waals surface area (Å²) in [5.41, 5.74) is 6.54. The van der Waals surface area contributed by atoms with E-state index < -0.39 is 0 Å². The van der Waals surface area contributed by atoms with Crippen molar-refractivity contribution in [3.8, 4) is 0 Å². The topological polar surface area (TPSA) is 46.3 Å². The number of hydrogen-bond donors (Lipinski definition) is 1. The van der Waals surface area contributed by atoms with E-state index in [2.05, 4.69) is 0 Å². The van der Waals surface area contributed by atoms with Crippen LogP contribution in [-0.2, 0) is 11.2 Å². The molecule has 5 heteroatoms. The molecule has 0 aromatic heterocycles. The molecule has 20 heavy (non-hydrogen) atoms. The monoisotopic (exact) mass is 298 g/mol. The minimum absolute atomic E-state index is 0. The van der Waals surface area contributed by atoms with E-state index in [1.165, 1.54) is 6.07 Å². The zero-order valence-electron chi connectivity index (χ0n) is 11.3. The summed E-state index contributed by atoms with van der Waals surface area (Å²) in [5, 5.41) is 0. The molecule has 3 nitrogen and oxygen atoms in total. The summed E-state index contributed by atoms with van der Waals surface area (Å²) in [6.07, 6.45) is 2.35. The molecule has 110 valence electrons. The lowest BCUT2D eigenvalue weighted by Gasteiger charge is -2.19. The third-order valence-electron chi connectivity index (χ3n) is 4.56. The molecule has 2 fully saturated rings. The van der Waals surface area contributed by atoms with Gasteiger partial charge in [-0.1, -0.05) is 18.2 Å². The Balaban J connectivity index is 0.00000147. The fourth-order valence-corrected chi connectivity index (χ4v) is 3.43. The SMILES string of the molecule is Cl.NC1CCC2CN(C(=O)Cc3ccccc3F)CC12. The predicted octanol–water partition coefficient (Wildman–Crippen LogP) is 1.99. The number of halogens is 2. The van der Waals surface area contributed by atoms with Crippen LogP contribution in [0.1, 0.15) is 18.4 Å². The smallest absolute Gasteiger partial charge is 0.227 e. The number of fused-ring (bicyclic) bond motifs is 1. The van der Waals surface area contributed by atoms with Crippen molar-refractivity contribution >= 4 is 18.3 Å². The van der Waals surface area contributed by atoms with Crippen LogP contribution < -0.4 is 5.73 Å². The van der Waals surface area contributed by atoms with Gasteiger partial charge in [-0.05, 0) is 36.3 Å². The first-order valence-electron chi connectivity index (χ1n) is 6.92. The van der Waals surface area contributed by atoms with Crippen LogP contribution in [0, 0.1) is 17.7 Å². The molecule has 1 aromatic rings. The molecule has 1 heterocycles. The van der Waals surface area contributed by atoms with Crippen molar-refractivity contribution < 1.29 is 9.18 Å². The number of benzene rings is 1. The summed E-state index contributed by atoms with van der Waals surface area (Å²) in [6.45, 7) is 1.55. The van der Waals surface area contributed by atoms with Gasteiger partial charge in [0, 0.05) is 19.1 Å². The van der Waals surface area contributed by atoms with Crippen LogP contribution >= 0.6 is 12.4 Å². The fraction of sp³-hybridized carbons (Fsp3) is 0.533. The molecule has 0 radical (unpaired) electrons. The van der Waals surface area contributed by atoms with Crippen molar-refractivity contribution in [3.63, 3.8) is 0 Å². The molecule has 1 aliphatic carbocycles. The second-order valence-electron chi connectivity index (χ2n) is 5.73. The Morgan fingerprint density at radius 2 is 2.05 bits per heavy atom. The predicted molar refractivity (Wildman–Crippen MR) is 78.1 cm³/mol. The second kappa shape index (κ2) is 6.10. The van der Waals surface area contributed by atoms with Crippen molar-refractivity contribution in [2.24, 2.45) is 17.6 Å². The van der Waals surface area contributed by atoms with Gasteiger partial charge in [-0.3, -0.25) is 4.79 Å². The van der Waals surface area contributed by atoms with Crippen molar-refractivity contribution in [1.82, 2.24) is 4.90 Å². The zero-order valence-corrected chi connectivity index (χ0v) is 12.1. The van der Waals surface area contributed by atoms with Crippen LogP contribution in [0.3, 0.4) is 0 Å². The van der Waals surface area contributed by atoms with Crippen LogP contribution in [0.5, 0.6) is 0 Å². The average molecular weight is 299 g/mol. The number of carbonyl (C=O) groups is 1. The van der Waals surface area contributed by atoms with Crippen LogP contribution in [0.25, 0.3) is 0 Å². The molecular weight excluding hydrogens is 279 g/mol. The molecule has 3 unspecified atom stereocenters. The molecule has 1 saturated heterocycles. The molecule has 2 aliphatic rings. The summed E-state index contributed by atoms with van der Waals surface area (Å²) in [5.74, 6) is 0.725. The number of amides is 1. The summed E-state index contributed by atoms with van der Waals surface area (Å²) < 4.78 is 13.5. The maximum absolute atomic E-state index is 13.5. The number of hydrogen-bond acceptors (Lipinski definition) is 2. The van der Waals surface area contributed by atoms with Gasteiger partial charge in [0.1, 0.15) is 5.82 Å². The first-order chi connectivity index (χ1) is 9.15. The molecule has 0 bridgehead atoms. The largest absolute Gasteiger partial charge is 0.342 e. The second-order valence-corrected chi connectivity index (χ2v) is 5.73. The zero-order chi connectivity index (χ0) is 13.4. The summed E-state index contributed by atoms with van der Waals surface area (Å²) >= 11 is 0. The number of likely N-dealkylation sites (tertiary alicyclic amines) is 1. The van der Waals surface area contributed by atoms with E-state index in [0.717, 1.165) is 25.9 Å². The molecule has 2 N–H and O–H groups in total. The molecular formula is C15H20ClFN2O. The van der Waals surface area contributed by atoms with Gasteiger partial charge >= 0.3 is 0 Å².